The van der Waals surface area contributed by atoms with Crippen LogP contribution in [0.5, 0.6) is 0 Å². The van der Waals surface area contributed by atoms with Crippen molar-refractivity contribution in [1.29, 1.82) is 0 Å². The van der Waals surface area contributed by atoms with Gasteiger partial charge in [0.2, 0.25) is 0 Å². The second kappa shape index (κ2) is 5.62. The van der Waals surface area contributed by atoms with Gasteiger partial charge in [0, 0.05) is 28.2 Å². The van der Waals surface area contributed by atoms with E-state index in [2.05, 4.69) is 4.98 Å². The Morgan fingerprint density at radius 1 is 1.08 bits per heavy atom. The SMILES string of the molecule is Cc1[nH]c2ccccc2c1C(=O)c1cccc([N+](=O)[O-])c1C(=O)O. The topological polar surface area (TPSA) is 113 Å². The van der Waals surface area contributed by atoms with Crippen LogP contribution in [-0.2, 0) is 0 Å². The third-order valence-electron chi connectivity index (χ3n) is 3.82. The first-order valence-electron chi connectivity index (χ1n) is 7.04. The van der Waals surface area contributed by atoms with Gasteiger partial charge in [0.25, 0.3) is 5.69 Å². The number of rotatable bonds is 4. The zero-order valence-corrected chi connectivity index (χ0v) is 12.6. The number of aromatic amines is 1. The molecule has 7 heteroatoms. The number of para-hydroxylation sites is 1. The van der Waals surface area contributed by atoms with E-state index in [4.69, 9.17) is 0 Å². The molecule has 0 fully saturated rings. The molecule has 2 aromatic carbocycles. The molecule has 0 aliphatic carbocycles. The summed E-state index contributed by atoms with van der Waals surface area (Å²) in [6, 6.07) is 10.8. The molecule has 0 aliphatic heterocycles. The molecular formula is C17H12N2O5. The van der Waals surface area contributed by atoms with Crippen LogP contribution in [0.15, 0.2) is 42.5 Å². The van der Waals surface area contributed by atoms with E-state index in [1.165, 1.54) is 12.1 Å². The lowest BCUT2D eigenvalue weighted by atomic mass is 9.95. The van der Waals surface area contributed by atoms with Crippen LogP contribution < -0.4 is 0 Å². The van der Waals surface area contributed by atoms with Crippen LogP contribution in [0.4, 0.5) is 5.69 Å². The third-order valence-corrected chi connectivity index (χ3v) is 3.82. The predicted molar refractivity (Wildman–Crippen MR) is 86.5 cm³/mol. The molecule has 0 unspecified atom stereocenters. The van der Waals surface area contributed by atoms with E-state index in [9.17, 15) is 24.8 Å². The van der Waals surface area contributed by atoms with Gasteiger partial charge in [-0.3, -0.25) is 14.9 Å². The summed E-state index contributed by atoms with van der Waals surface area (Å²) in [5.41, 5.74) is 0.214. The standard InChI is InChI=1S/C17H12N2O5/c1-9-14(10-5-2-3-7-12(10)18-9)16(20)11-6-4-8-13(19(23)24)15(11)17(21)22/h2-8,18H,1H3,(H,21,22). The van der Waals surface area contributed by atoms with Crippen molar-refractivity contribution >= 4 is 28.3 Å². The summed E-state index contributed by atoms with van der Waals surface area (Å²) in [5, 5.41) is 21.1. The number of hydrogen-bond donors (Lipinski definition) is 2. The summed E-state index contributed by atoms with van der Waals surface area (Å²) in [6.45, 7) is 1.70. The van der Waals surface area contributed by atoms with Crippen molar-refractivity contribution in [1.82, 2.24) is 4.98 Å². The van der Waals surface area contributed by atoms with E-state index in [0.29, 0.717) is 16.6 Å². The number of carboxylic acid groups (broad SMARTS) is 1. The van der Waals surface area contributed by atoms with Crippen LogP contribution in [0.3, 0.4) is 0 Å². The number of aromatic carboxylic acids is 1. The summed E-state index contributed by atoms with van der Waals surface area (Å²) in [5.74, 6) is -2.07. The van der Waals surface area contributed by atoms with Crippen LogP contribution in [0.2, 0.25) is 0 Å². The predicted octanol–water partition coefficient (Wildman–Crippen LogP) is 3.31. The number of aromatic nitrogens is 1. The van der Waals surface area contributed by atoms with Gasteiger partial charge in [0.1, 0.15) is 5.56 Å². The van der Waals surface area contributed by atoms with Crippen molar-refractivity contribution in [2.45, 2.75) is 6.92 Å². The Labute approximate surface area is 135 Å². The van der Waals surface area contributed by atoms with E-state index in [0.717, 1.165) is 11.6 Å². The van der Waals surface area contributed by atoms with Gasteiger partial charge < -0.3 is 10.1 Å². The van der Waals surface area contributed by atoms with Crippen LogP contribution in [-0.4, -0.2) is 26.8 Å². The van der Waals surface area contributed by atoms with Crippen molar-refractivity contribution in [3.05, 3.63) is 75.0 Å². The minimum Gasteiger partial charge on any atom is -0.477 e. The number of fused-ring (bicyclic) bond motifs is 1. The summed E-state index contributed by atoms with van der Waals surface area (Å²) < 4.78 is 0. The number of benzene rings is 2. The number of H-pyrrole nitrogens is 1. The van der Waals surface area contributed by atoms with Gasteiger partial charge in [-0.2, -0.15) is 0 Å². The molecule has 0 aliphatic rings. The quantitative estimate of drug-likeness (QED) is 0.434. The average molecular weight is 324 g/mol. The molecule has 1 heterocycles. The molecule has 24 heavy (non-hydrogen) atoms. The fourth-order valence-corrected chi connectivity index (χ4v) is 2.81. The minimum atomic E-state index is -1.51. The zero-order valence-electron chi connectivity index (χ0n) is 12.6. The Hall–Kier alpha value is -3.48. The van der Waals surface area contributed by atoms with Crippen LogP contribution in [0.1, 0.15) is 32.0 Å². The lowest BCUT2D eigenvalue weighted by molar-refractivity contribution is -0.385. The molecule has 0 saturated heterocycles. The van der Waals surface area contributed by atoms with Crippen LogP contribution >= 0.6 is 0 Å². The molecule has 0 amide bonds. The summed E-state index contributed by atoms with van der Waals surface area (Å²) in [6.07, 6.45) is 0. The van der Waals surface area contributed by atoms with Gasteiger partial charge in [-0.25, -0.2) is 4.79 Å². The summed E-state index contributed by atoms with van der Waals surface area (Å²) >= 11 is 0. The van der Waals surface area contributed by atoms with E-state index >= 15 is 0 Å². The lowest BCUT2D eigenvalue weighted by Crippen LogP contribution is -2.13. The molecule has 2 N–H and O–H groups in total. The van der Waals surface area contributed by atoms with Gasteiger partial charge >= 0.3 is 5.97 Å². The number of nitrogens with one attached hydrogen (secondary N) is 1. The average Bonchev–Trinajstić information content (AvgIpc) is 2.89. The van der Waals surface area contributed by atoms with Gasteiger partial charge in [0.05, 0.1) is 10.5 Å². The maximum Gasteiger partial charge on any atom is 0.343 e. The van der Waals surface area contributed by atoms with Gasteiger partial charge in [-0.15, -0.1) is 0 Å². The van der Waals surface area contributed by atoms with Crippen LogP contribution in [0.25, 0.3) is 10.9 Å². The maximum absolute atomic E-state index is 12.9. The number of ketones is 1. The maximum atomic E-state index is 12.9. The summed E-state index contributed by atoms with van der Waals surface area (Å²) in [7, 11) is 0. The highest BCUT2D eigenvalue weighted by molar-refractivity contribution is 6.21. The second-order valence-corrected chi connectivity index (χ2v) is 5.26. The third kappa shape index (κ3) is 2.32. The first-order chi connectivity index (χ1) is 11.4. The van der Waals surface area contributed by atoms with Gasteiger partial charge in [-0.1, -0.05) is 24.3 Å². The molecule has 0 radical (unpaired) electrons. The first-order valence-corrected chi connectivity index (χ1v) is 7.04. The number of nitro benzene ring substituents is 1. The Balaban J connectivity index is 2.27. The number of carbonyl (C=O) groups excluding carboxylic acids is 1. The highest BCUT2D eigenvalue weighted by Gasteiger charge is 2.29. The molecule has 0 atom stereocenters. The van der Waals surface area contributed by atoms with Crippen molar-refractivity contribution in [2.24, 2.45) is 0 Å². The number of carbonyl (C=O) groups is 2. The summed E-state index contributed by atoms with van der Waals surface area (Å²) in [4.78, 5) is 37.8. The smallest absolute Gasteiger partial charge is 0.343 e. The fourth-order valence-electron chi connectivity index (χ4n) is 2.81. The van der Waals surface area contributed by atoms with E-state index in [-0.39, 0.29) is 5.56 Å². The van der Waals surface area contributed by atoms with E-state index < -0.39 is 27.9 Å². The zero-order chi connectivity index (χ0) is 17.4. The number of nitrogens with zero attached hydrogens (tertiary/aromatic N) is 1. The van der Waals surface area contributed by atoms with Crippen molar-refractivity contribution in [3.63, 3.8) is 0 Å². The van der Waals surface area contributed by atoms with Crippen LogP contribution in [0, 0.1) is 17.0 Å². The number of nitro groups is 1. The van der Waals surface area contributed by atoms with Crippen molar-refractivity contribution in [3.8, 4) is 0 Å². The van der Waals surface area contributed by atoms with Gasteiger partial charge in [-0.05, 0) is 19.1 Å². The fraction of sp³-hybridized carbons (Fsp3) is 0.0588. The van der Waals surface area contributed by atoms with Crippen molar-refractivity contribution in [2.75, 3.05) is 0 Å². The number of aryl methyl sites for hydroxylation is 1. The van der Waals surface area contributed by atoms with Gasteiger partial charge in [0.15, 0.2) is 5.78 Å². The Bertz CT molecular complexity index is 1000. The number of hydrogen-bond acceptors (Lipinski definition) is 4. The molecule has 0 bridgehead atoms. The Morgan fingerprint density at radius 3 is 2.46 bits per heavy atom. The number of carboxylic acids is 1. The molecule has 0 saturated carbocycles. The Kier molecular flexibility index (Phi) is 3.61. The molecule has 0 spiro atoms. The lowest BCUT2D eigenvalue weighted by Gasteiger charge is -2.06. The Morgan fingerprint density at radius 2 is 1.79 bits per heavy atom. The molecule has 7 nitrogen and oxygen atoms in total. The monoisotopic (exact) mass is 324 g/mol. The normalized spacial score (nSPS) is 10.7. The molecular weight excluding hydrogens is 312 g/mol. The molecule has 3 aromatic rings. The molecule has 3 rings (SSSR count). The van der Waals surface area contributed by atoms with E-state index in [1.54, 1.807) is 25.1 Å². The molecule has 1 aromatic heterocycles. The minimum absolute atomic E-state index is 0.204. The molecule has 120 valence electrons. The largest absolute Gasteiger partial charge is 0.477 e. The second-order valence-electron chi connectivity index (χ2n) is 5.26. The highest BCUT2D eigenvalue weighted by Crippen LogP contribution is 2.29. The first kappa shape index (κ1) is 15.4. The van der Waals surface area contributed by atoms with E-state index in [1.807, 2.05) is 6.07 Å². The highest BCUT2D eigenvalue weighted by atomic mass is 16.6. The van der Waals surface area contributed by atoms with Crippen molar-refractivity contribution < 1.29 is 19.6 Å².